The van der Waals surface area contributed by atoms with Crippen molar-refractivity contribution in [3.63, 3.8) is 0 Å². The van der Waals surface area contributed by atoms with Gasteiger partial charge in [0, 0.05) is 5.56 Å². The van der Waals surface area contributed by atoms with Crippen LogP contribution in [-0.4, -0.2) is 22.5 Å². The van der Waals surface area contributed by atoms with Crippen LogP contribution < -0.4 is 0 Å². The van der Waals surface area contributed by atoms with Gasteiger partial charge in [0.2, 0.25) is 0 Å². The van der Waals surface area contributed by atoms with E-state index in [1.165, 1.54) is 6.07 Å². The third-order valence-corrected chi connectivity index (χ3v) is 3.16. The summed E-state index contributed by atoms with van der Waals surface area (Å²) in [5, 5.41) is 13.7. The number of hydrogen-bond acceptors (Lipinski definition) is 3. The summed E-state index contributed by atoms with van der Waals surface area (Å²) in [6, 6.07) is 4.57. The third kappa shape index (κ3) is 1.85. The van der Waals surface area contributed by atoms with Crippen LogP contribution in [0.2, 0.25) is 0 Å². The highest BCUT2D eigenvalue weighted by atomic mass is 79.9. The van der Waals surface area contributed by atoms with Crippen LogP contribution in [0.4, 0.5) is 4.39 Å². The largest absolute Gasteiger partial charge is 0.386 e. The highest BCUT2D eigenvalue weighted by molar-refractivity contribution is 9.10. The second-order valence-electron chi connectivity index (χ2n) is 4.20. The van der Waals surface area contributed by atoms with E-state index >= 15 is 0 Å². The highest BCUT2D eigenvalue weighted by Crippen LogP contribution is 2.27. The maximum Gasteiger partial charge on any atom is 0.163 e. The van der Waals surface area contributed by atoms with Gasteiger partial charge in [-0.1, -0.05) is 11.2 Å². The average Bonchev–Trinajstić information content (AvgIpc) is 2.48. The van der Waals surface area contributed by atoms with E-state index in [4.69, 9.17) is 4.84 Å². The molecule has 2 rings (SSSR count). The zero-order valence-corrected chi connectivity index (χ0v) is 10.5. The van der Waals surface area contributed by atoms with Crippen LogP contribution in [0.25, 0.3) is 0 Å². The third-order valence-electron chi connectivity index (χ3n) is 2.51. The van der Waals surface area contributed by atoms with Crippen LogP contribution in [0.15, 0.2) is 27.8 Å². The Hall–Kier alpha value is -0.940. The van der Waals surface area contributed by atoms with E-state index < -0.39 is 17.5 Å². The average molecular weight is 288 g/mol. The fourth-order valence-corrected chi connectivity index (χ4v) is 1.71. The molecule has 16 heavy (non-hydrogen) atoms. The van der Waals surface area contributed by atoms with Crippen LogP contribution in [0.3, 0.4) is 0 Å². The minimum Gasteiger partial charge on any atom is -0.386 e. The van der Waals surface area contributed by atoms with Crippen molar-refractivity contribution in [1.29, 1.82) is 0 Å². The second-order valence-corrected chi connectivity index (χ2v) is 5.06. The zero-order valence-electron chi connectivity index (χ0n) is 8.87. The fourth-order valence-electron chi connectivity index (χ4n) is 1.46. The molecule has 1 heterocycles. The summed E-state index contributed by atoms with van der Waals surface area (Å²) in [5.41, 5.74) is 0.119. The minimum absolute atomic E-state index is 0.358. The first kappa shape index (κ1) is 11.5. The number of nitrogens with zero attached hydrogens (tertiary/aromatic N) is 1. The minimum atomic E-state index is -0.854. The van der Waals surface area contributed by atoms with E-state index in [1.807, 2.05) is 0 Å². The van der Waals surface area contributed by atoms with Crippen molar-refractivity contribution < 1.29 is 14.3 Å². The first-order valence-electron chi connectivity index (χ1n) is 4.81. The van der Waals surface area contributed by atoms with Crippen molar-refractivity contribution in [2.24, 2.45) is 5.16 Å². The van der Waals surface area contributed by atoms with Crippen molar-refractivity contribution in [2.75, 3.05) is 0 Å². The molecule has 5 heteroatoms. The lowest BCUT2D eigenvalue weighted by Crippen LogP contribution is -2.38. The van der Waals surface area contributed by atoms with Gasteiger partial charge in [0.25, 0.3) is 0 Å². The first-order chi connectivity index (χ1) is 7.42. The number of aliphatic hydroxyl groups excluding tert-OH is 1. The summed E-state index contributed by atoms with van der Waals surface area (Å²) in [4.78, 5) is 5.09. The van der Waals surface area contributed by atoms with Gasteiger partial charge in [-0.05, 0) is 41.9 Å². The molecule has 86 valence electrons. The Kier molecular flexibility index (Phi) is 2.75. The summed E-state index contributed by atoms with van der Waals surface area (Å²) in [7, 11) is 0. The SMILES string of the molecule is CC1(C)ON=C(c2ccc(Br)c(F)c2)C1O. The molecule has 1 aromatic carbocycles. The molecule has 0 radical (unpaired) electrons. The molecular formula is C11H11BrFNO2. The van der Waals surface area contributed by atoms with Crippen LogP contribution in [0.1, 0.15) is 19.4 Å². The molecule has 0 spiro atoms. The van der Waals surface area contributed by atoms with Crippen molar-refractivity contribution in [3.8, 4) is 0 Å². The highest BCUT2D eigenvalue weighted by Gasteiger charge is 2.40. The summed E-state index contributed by atoms with van der Waals surface area (Å²) in [6.07, 6.45) is -0.854. The molecule has 0 amide bonds. The molecule has 1 aliphatic rings. The summed E-state index contributed by atoms with van der Waals surface area (Å²) in [6.45, 7) is 3.45. The Balaban J connectivity index is 2.36. The number of oxime groups is 1. The summed E-state index contributed by atoms with van der Waals surface area (Å²) < 4.78 is 13.7. The zero-order chi connectivity index (χ0) is 11.9. The molecule has 0 bridgehead atoms. The number of hydrogen-bond donors (Lipinski definition) is 1. The molecule has 0 aromatic heterocycles. The molecule has 1 aliphatic heterocycles. The van der Waals surface area contributed by atoms with E-state index in [1.54, 1.807) is 26.0 Å². The van der Waals surface area contributed by atoms with Gasteiger partial charge in [-0.2, -0.15) is 0 Å². The Bertz CT molecular complexity index is 459. The van der Waals surface area contributed by atoms with Crippen LogP contribution >= 0.6 is 15.9 Å². The smallest absolute Gasteiger partial charge is 0.163 e. The monoisotopic (exact) mass is 287 g/mol. The van der Waals surface area contributed by atoms with Gasteiger partial charge >= 0.3 is 0 Å². The number of rotatable bonds is 1. The Morgan fingerprint density at radius 3 is 2.69 bits per heavy atom. The normalized spacial score (nSPS) is 22.8. The van der Waals surface area contributed by atoms with Gasteiger partial charge in [0.05, 0.1) is 4.47 Å². The maximum absolute atomic E-state index is 13.3. The van der Waals surface area contributed by atoms with E-state index in [0.29, 0.717) is 15.7 Å². The predicted octanol–water partition coefficient (Wildman–Crippen LogP) is 2.46. The number of halogens is 2. The Labute approximate surface area is 101 Å². The molecule has 1 N–H and O–H groups in total. The van der Waals surface area contributed by atoms with Crippen molar-refractivity contribution in [2.45, 2.75) is 25.6 Å². The standard InChI is InChI=1S/C11H11BrFNO2/c1-11(2)10(15)9(14-16-11)6-3-4-7(12)8(13)5-6/h3-5,10,15H,1-2H3. The van der Waals surface area contributed by atoms with E-state index in [2.05, 4.69) is 21.1 Å². The molecule has 1 atom stereocenters. The molecule has 1 aromatic rings. The lowest BCUT2D eigenvalue weighted by atomic mass is 9.94. The quantitative estimate of drug-likeness (QED) is 0.862. The Morgan fingerprint density at radius 1 is 1.50 bits per heavy atom. The fraction of sp³-hybridized carbons (Fsp3) is 0.364. The first-order valence-corrected chi connectivity index (χ1v) is 5.60. The predicted molar refractivity (Wildman–Crippen MR) is 61.8 cm³/mol. The van der Waals surface area contributed by atoms with Gasteiger partial charge in [0.15, 0.2) is 5.60 Å². The molecule has 0 aliphatic carbocycles. The van der Waals surface area contributed by atoms with Crippen molar-refractivity contribution >= 4 is 21.6 Å². The number of benzene rings is 1. The molecule has 0 saturated carbocycles. The van der Waals surface area contributed by atoms with Gasteiger partial charge in [0.1, 0.15) is 17.6 Å². The van der Waals surface area contributed by atoms with Crippen LogP contribution in [0, 0.1) is 5.82 Å². The number of aliphatic hydroxyl groups is 1. The van der Waals surface area contributed by atoms with Gasteiger partial charge < -0.3 is 9.94 Å². The maximum atomic E-state index is 13.3. The lowest BCUT2D eigenvalue weighted by Gasteiger charge is -2.20. The lowest BCUT2D eigenvalue weighted by molar-refractivity contribution is -0.0476. The van der Waals surface area contributed by atoms with E-state index in [-0.39, 0.29) is 0 Å². The molecule has 0 saturated heterocycles. The Morgan fingerprint density at radius 2 is 2.19 bits per heavy atom. The van der Waals surface area contributed by atoms with E-state index in [9.17, 15) is 9.50 Å². The topological polar surface area (TPSA) is 41.8 Å². The van der Waals surface area contributed by atoms with Crippen LogP contribution in [-0.2, 0) is 4.84 Å². The summed E-state index contributed by atoms with van der Waals surface area (Å²) >= 11 is 3.07. The van der Waals surface area contributed by atoms with Gasteiger partial charge in [-0.15, -0.1) is 0 Å². The second kappa shape index (κ2) is 3.82. The molecular weight excluding hydrogens is 277 g/mol. The van der Waals surface area contributed by atoms with Crippen molar-refractivity contribution in [3.05, 3.63) is 34.1 Å². The van der Waals surface area contributed by atoms with Crippen molar-refractivity contribution in [1.82, 2.24) is 0 Å². The van der Waals surface area contributed by atoms with Gasteiger partial charge in [-0.25, -0.2) is 4.39 Å². The molecule has 0 fully saturated rings. The molecule has 1 unspecified atom stereocenters. The molecule has 3 nitrogen and oxygen atoms in total. The van der Waals surface area contributed by atoms with Gasteiger partial charge in [-0.3, -0.25) is 0 Å². The van der Waals surface area contributed by atoms with Crippen LogP contribution in [0.5, 0.6) is 0 Å². The summed E-state index contributed by atoms with van der Waals surface area (Å²) in [5.74, 6) is -0.392. The van der Waals surface area contributed by atoms with E-state index in [0.717, 1.165) is 0 Å².